The summed E-state index contributed by atoms with van der Waals surface area (Å²) in [5.74, 6) is 0.677. The molecular weight excluding hydrogens is 298 g/mol. The molecule has 0 aromatic heterocycles. The molecule has 0 radical (unpaired) electrons. The highest BCUT2D eigenvalue weighted by atomic mass is 79.9. The second-order valence-electron chi connectivity index (χ2n) is 2.28. The number of halogens is 4. The molecule has 0 saturated heterocycles. The summed E-state index contributed by atoms with van der Waals surface area (Å²) in [4.78, 5) is -0.525. The Hall–Kier alpha value is 0.370. The highest BCUT2D eigenvalue weighted by Crippen LogP contribution is 2.28. The minimum atomic E-state index is -0.525. The van der Waals surface area contributed by atoms with E-state index in [4.69, 9.17) is 39.5 Å². The van der Waals surface area contributed by atoms with Gasteiger partial charge in [-0.3, -0.25) is 0 Å². The summed E-state index contributed by atoms with van der Waals surface area (Å²) in [5, 5.41) is 0.646. The molecule has 0 bridgehead atoms. The van der Waals surface area contributed by atoms with E-state index in [-0.39, 0.29) is 6.61 Å². The molecule has 1 rings (SSSR count). The SMILES string of the molecule is Clc1ccc(OCC(Cl)Cl)c(Br)c1. The Morgan fingerprint density at radius 2 is 2.08 bits per heavy atom. The largest absolute Gasteiger partial charge is 0.490 e. The van der Waals surface area contributed by atoms with Crippen LogP contribution in [0.3, 0.4) is 0 Å². The summed E-state index contributed by atoms with van der Waals surface area (Å²) in [6, 6.07) is 5.23. The van der Waals surface area contributed by atoms with E-state index in [1.807, 2.05) is 0 Å². The van der Waals surface area contributed by atoms with Crippen LogP contribution in [0.25, 0.3) is 0 Å². The van der Waals surface area contributed by atoms with Crippen LogP contribution in [-0.2, 0) is 0 Å². The minimum Gasteiger partial charge on any atom is -0.490 e. The minimum absolute atomic E-state index is 0.253. The van der Waals surface area contributed by atoms with Gasteiger partial charge in [-0.25, -0.2) is 0 Å². The summed E-state index contributed by atoms with van der Waals surface area (Å²) in [6.07, 6.45) is 0. The molecule has 0 aliphatic heterocycles. The Labute approximate surface area is 100 Å². The van der Waals surface area contributed by atoms with Crippen molar-refractivity contribution in [1.29, 1.82) is 0 Å². The van der Waals surface area contributed by atoms with Gasteiger partial charge in [-0.1, -0.05) is 11.6 Å². The predicted octanol–water partition coefficient (Wildman–Crippen LogP) is 4.29. The van der Waals surface area contributed by atoms with Gasteiger partial charge in [-0.15, -0.1) is 23.2 Å². The fourth-order valence-electron chi connectivity index (χ4n) is 0.745. The highest BCUT2D eigenvalue weighted by Gasteiger charge is 2.04. The monoisotopic (exact) mass is 302 g/mol. The normalized spacial score (nSPS) is 10.5. The molecular formula is C8H6BrCl3O. The third kappa shape index (κ3) is 3.94. The average molecular weight is 304 g/mol. The molecule has 0 aliphatic carbocycles. The van der Waals surface area contributed by atoms with Gasteiger partial charge in [0, 0.05) is 5.02 Å². The van der Waals surface area contributed by atoms with Crippen LogP contribution in [0.15, 0.2) is 22.7 Å². The standard InChI is InChI=1S/C8H6BrCl3O/c9-6-3-5(10)1-2-7(6)13-4-8(11)12/h1-3,8H,4H2. The van der Waals surface area contributed by atoms with Gasteiger partial charge in [0.2, 0.25) is 0 Å². The number of alkyl halides is 2. The predicted molar refractivity (Wildman–Crippen MR) is 60.1 cm³/mol. The number of rotatable bonds is 3. The van der Waals surface area contributed by atoms with Gasteiger partial charge in [0.15, 0.2) is 0 Å². The van der Waals surface area contributed by atoms with E-state index in [9.17, 15) is 0 Å². The molecule has 0 heterocycles. The summed E-state index contributed by atoms with van der Waals surface area (Å²) in [7, 11) is 0. The van der Waals surface area contributed by atoms with Crippen molar-refractivity contribution in [2.75, 3.05) is 6.61 Å². The van der Waals surface area contributed by atoms with Crippen molar-refractivity contribution in [3.63, 3.8) is 0 Å². The summed E-state index contributed by atoms with van der Waals surface area (Å²) in [5.41, 5.74) is 0. The Balaban J connectivity index is 2.67. The zero-order valence-electron chi connectivity index (χ0n) is 6.44. The highest BCUT2D eigenvalue weighted by molar-refractivity contribution is 9.10. The molecule has 1 aromatic carbocycles. The number of hydrogen-bond donors (Lipinski definition) is 0. The van der Waals surface area contributed by atoms with Gasteiger partial charge in [0.25, 0.3) is 0 Å². The Kier molecular flexibility index (Phi) is 4.67. The summed E-state index contributed by atoms with van der Waals surface area (Å²) >= 11 is 20.1. The number of hydrogen-bond acceptors (Lipinski definition) is 1. The van der Waals surface area contributed by atoms with E-state index in [1.54, 1.807) is 18.2 Å². The zero-order valence-corrected chi connectivity index (χ0v) is 10.3. The lowest BCUT2D eigenvalue weighted by Gasteiger charge is -2.08. The molecule has 1 aromatic rings. The van der Waals surface area contributed by atoms with Crippen LogP contribution in [0.4, 0.5) is 0 Å². The fourth-order valence-corrected chi connectivity index (χ4v) is 1.67. The molecule has 0 N–H and O–H groups in total. The Morgan fingerprint density at radius 1 is 1.38 bits per heavy atom. The maximum absolute atomic E-state index is 5.74. The van der Waals surface area contributed by atoms with E-state index < -0.39 is 4.84 Å². The van der Waals surface area contributed by atoms with Gasteiger partial charge < -0.3 is 4.74 Å². The van der Waals surface area contributed by atoms with Gasteiger partial charge in [0.1, 0.15) is 17.2 Å². The smallest absolute Gasteiger partial charge is 0.141 e. The Bertz CT molecular complexity index is 291. The lowest BCUT2D eigenvalue weighted by atomic mass is 10.3. The number of benzene rings is 1. The van der Waals surface area contributed by atoms with Gasteiger partial charge in [-0.2, -0.15) is 0 Å². The second-order valence-corrected chi connectivity index (χ2v) is 4.84. The van der Waals surface area contributed by atoms with Gasteiger partial charge in [0.05, 0.1) is 4.47 Å². The van der Waals surface area contributed by atoms with E-state index in [0.717, 1.165) is 4.47 Å². The van der Waals surface area contributed by atoms with Crippen LogP contribution in [0, 0.1) is 0 Å². The topological polar surface area (TPSA) is 9.23 Å². The molecule has 0 spiro atoms. The van der Waals surface area contributed by atoms with Crippen LogP contribution < -0.4 is 4.74 Å². The quantitative estimate of drug-likeness (QED) is 0.757. The third-order valence-corrected chi connectivity index (χ3v) is 2.37. The summed E-state index contributed by atoms with van der Waals surface area (Å²) < 4.78 is 6.07. The first kappa shape index (κ1) is 11.4. The van der Waals surface area contributed by atoms with Crippen LogP contribution in [0.1, 0.15) is 0 Å². The van der Waals surface area contributed by atoms with Crippen molar-refractivity contribution in [2.45, 2.75) is 4.84 Å². The van der Waals surface area contributed by atoms with Crippen molar-refractivity contribution in [3.8, 4) is 5.75 Å². The molecule has 0 saturated carbocycles. The molecule has 0 atom stereocenters. The van der Waals surface area contributed by atoms with Gasteiger partial charge in [-0.05, 0) is 34.1 Å². The van der Waals surface area contributed by atoms with E-state index in [1.165, 1.54) is 0 Å². The first-order valence-electron chi connectivity index (χ1n) is 3.45. The van der Waals surface area contributed by atoms with E-state index >= 15 is 0 Å². The summed E-state index contributed by atoms with van der Waals surface area (Å²) in [6.45, 7) is 0.253. The molecule has 0 fully saturated rings. The molecule has 0 aliphatic rings. The second kappa shape index (κ2) is 5.30. The lowest BCUT2D eigenvalue weighted by Crippen LogP contribution is -2.05. The average Bonchev–Trinajstić information content (AvgIpc) is 2.02. The molecule has 5 heteroatoms. The third-order valence-electron chi connectivity index (χ3n) is 1.26. The molecule has 13 heavy (non-hydrogen) atoms. The van der Waals surface area contributed by atoms with Crippen molar-refractivity contribution in [2.24, 2.45) is 0 Å². The van der Waals surface area contributed by atoms with Crippen LogP contribution in [0.2, 0.25) is 5.02 Å². The van der Waals surface area contributed by atoms with Crippen molar-refractivity contribution >= 4 is 50.7 Å². The first-order chi connectivity index (χ1) is 6.09. The van der Waals surface area contributed by atoms with E-state index in [0.29, 0.717) is 10.8 Å². The fraction of sp³-hybridized carbons (Fsp3) is 0.250. The molecule has 72 valence electrons. The number of ether oxygens (including phenoxy) is 1. The molecule has 0 unspecified atom stereocenters. The van der Waals surface area contributed by atoms with Crippen LogP contribution >= 0.6 is 50.7 Å². The van der Waals surface area contributed by atoms with Crippen molar-refractivity contribution in [1.82, 2.24) is 0 Å². The van der Waals surface area contributed by atoms with E-state index in [2.05, 4.69) is 15.9 Å². The van der Waals surface area contributed by atoms with Crippen molar-refractivity contribution < 1.29 is 4.74 Å². The Morgan fingerprint density at radius 3 is 2.62 bits per heavy atom. The zero-order chi connectivity index (χ0) is 9.84. The molecule has 1 nitrogen and oxygen atoms in total. The van der Waals surface area contributed by atoms with Crippen molar-refractivity contribution in [3.05, 3.63) is 27.7 Å². The van der Waals surface area contributed by atoms with Gasteiger partial charge >= 0.3 is 0 Å². The lowest BCUT2D eigenvalue weighted by molar-refractivity contribution is 0.332. The van der Waals surface area contributed by atoms with Crippen LogP contribution in [-0.4, -0.2) is 11.4 Å². The maximum Gasteiger partial charge on any atom is 0.141 e. The van der Waals surface area contributed by atoms with Crippen LogP contribution in [0.5, 0.6) is 5.75 Å². The first-order valence-corrected chi connectivity index (χ1v) is 5.50. The maximum atomic E-state index is 5.74. The molecule has 0 amide bonds.